The molecular weight excluding hydrogens is 282 g/mol. The fourth-order valence-electron chi connectivity index (χ4n) is 1.87. The number of amides is 1. The minimum atomic E-state index is -0.295. The molecule has 0 atom stereocenters. The first-order valence-electron chi connectivity index (χ1n) is 6.32. The summed E-state index contributed by atoms with van der Waals surface area (Å²) in [7, 11) is 0. The van der Waals surface area contributed by atoms with Crippen molar-refractivity contribution in [1.29, 1.82) is 0 Å². The van der Waals surface area contributed by atoms with Gasteiger partial charge in [0.05, 0.1) is 25.3 Å². The summed E-state index contributed by atoms with van der Waals surface area (Å²) in [6.07, 6.45) is 0.299. The van der Waals surface area contributed by atoms with Gasteiger partial charge in [0.15, 0.2) is 0 Å². The second kappa shape index (κ2) is 7.23. The largest absolute Gasteiger partial charge is 0.379 e. The summed E-state index contributed by atoms with van der Waals surface area (Å²) in [6, 6.07) is 0. The normalized spacial score (nSPS) is 16.7. The predicted molar refractivity (Wildman–Crippen MR) is 77.7 cm³/mol. The Morgan fingerprint density at radius 1 is 1.53 bits per heavy atom. The molecule has 0 aliphatic carbocycles. The summed E-state index contributed by atoms with van der Waals surface area (Å²) < 4.78 is 6.35. The third-order valence-corrected chi connectivity index (χ3v) is 5.23. The first-order chi connectivity index (χ1) is 9.15. The van der Waals surface area contributed by atoms with E-state index in [2.05, 4.69) is 9.88 Å². The maximum Gasteiger partial charge on any atom is 0.222 e. The van der Waals surface area contributed by atoms with Crippen molar-refractivity contribution >= 4 is 29.0 Å². The molecule has 2 rings (SSSR count). The van der Waals surface area contributed by atoms with Crippen molar-refractivity contribution in [3.63, 3.8) is 0 Å². The van der Waals surface area contributed by atoms with Crippen LogP contribution in [0.3, 0.4) is 0 Å². The zero-order valence-corrected chi connectivity index (χ0v) is 12.7. The fraction of sp³-hybridized carbons (Fsp3) is 0.667. The highest BCUT2D eigenvalue weighted by molar-refractivity contribution is 8.01. The molecule has 0 unspecified atom stereocenters. The van der Waals surface area contributed by atoms with Gasteiger partial charge < -0.3 is 10.5 Å². The van der Waals surface area contributed by atoms with Gasteiger partial charge in [-0.3, -0.25) is 9.69 Å². The Kier molecular flexibility index (Phi) is 5.62. The maximum atomic E-state index is 10.9. The third-order valence-electron chi connectivity index (χ3n) is 2.94. The first kappa shape index (κ1) is 14.8. The minimum Gasteiger partial charge on any atom is -0.379 e. The van der Waals surface area contributed by atoms with Gasteiger partial charge in [-0.15, -0.1) is 11.3 Å². The van der Waals surface area contributed by atoms with Crippen LogP contribution in [0.5, 0.6) is 0 Å². The number of hydrogen-bond acceptors (Lipinski definition) is 6. The Balaban J connectivity index is 1.77. The van der Waals surface area contributed by atoms with E-state index in [0.29, 0.717) is 6.42 Å². The molecule has 0 saturated carbocycles. The number of thiazole rings is 1. The summed E-state index contributed by atoms with van der Waals surface area (Å²) in [4.78, 5) is 18.8. The molecular formula is C12H19N3O2S2. The van der Waals surface area contributed by atoms with E-state index in [1.807, 2.05) is 6.92 Å². The summed E-state index contributed by atoms with van der Waals surface area (Å²) >= 11 is 3.33. The molecule has 7 heteroatoms. The molecule has 19 heavy (non-hydrogen) atoms. The fourth-order valence-corrected chi connectivity index (χ4v) is 4.19. The Bertz CT molecular complexity index is 431. The number of nitrogens with zero attached hydrogens (tertiary/aromatic N) is 2. The summed E-state index contributed by atoms with van der Waals surface area (Å²) in [5.74, 6) is 0.722. The Morgan fingerprint density at radius 2 is 2.26 bits per heavy atom. The van der Waals surface area contributed by atoms with Gasteiger partial charge in [0.25, 0.3) is 0 Å². The average Bonchev–Trinajstić information content (AvgIpc) is 2.70. The number of hydrogen-bond donors (Lipinski definition) is 1. The van der Waals surface area contributed by atoms with E-state index >= 15 is 0 Å². The monoisotopic (exact) mass is 301 g/mol. The molecule has 2 heterocycles. The second-order valence-corrected chi connectivity index (χ2v) is 6.86. The number of ether oxygens (including phenoxy) is 1. The number of thioether (sulfide) groups is 1. The Hall–Kier alpha value is -0.630. The standard InChI is InChI=1S/C12H19N3O2S2/c1-9-10(8-11(13)16)19-12(14-9)18-7-4-15-2-5-17-6-3-15/h2-8H2,1H3,(H2,13,16). The van der Waals surface area contributed by atoms with Crippen LogP contribution < -0.4 is 5.73 Å². The highest BCUT2D eigenvalue weighted by Gasteiger charge is 2.12. The van der Waals surface area contributed by atoms with Crippen molar-refractivity contribution in [2.45, 2.75) is 17.7 Å². The number of primary amides is 1. The number of rotatable bonds is 6. The summed E-state index contributed by atoms with van der Waals surface area (Å²) in [6.45, 7) is 6.70. The van der Waals surface area contributed by atoms with Crippen molar-refractivity contribution in [2.24, 2.45) is 5.73 Å². The van der Waals surface area contributed by atoms with Crippen molar-refractivity contribution in [3.05, 3.63) is 10.6 Å². The van der Waals surface area contributed by atoms with Crippen LogP contribution in [0.15, 0.2) is 4.34 Å². The molecule has 0 radical (unpaired) electrons. The van der Waals surface area contributed by atoms with Crippen LogP contribution in [0.1, 0.15) is 10.6 Å². The molecule has 106 valence electrons. The van der Waals surface area contributed by atoms with Gasteiger partial charge in [-0.05, 0) is 6.92 Å². The van der Waals surface area contributed by atoms with Gasteiger partial charge in [-0.25, -0.2) is 4.98 Å². The van der Waals surface area contributed by atoms with E-state index in [0.717, 1.165) is 53.5 Å². The van der Waals surface area contributed by atoms with Crippen molar-refractivity contribution in [1.82, 2.24) is 9.88 Å². The molecule has 0 aromatic carbocycles. The smallest absolute Gasteiger partial charge is 0.222 e. The van der Waals surface area contributed by atoms with E-state index in [9.17, 15) is 4.79 Å². The van der Waals surface area contributed by atoms with Gasteiger partial charge in [0.2, 0.25) is 5.91 Å². The zero-order valence-electron chi connectivity index (χ0n) is 11.1. The minimum absolute atomic E-state index is 0.295. The molecule has 1 saturated heterocycles. The predicted octanol–water partition coefficient (Wildman–Crippen LogP) is 0.904. The molecule has 1 aliphatic rings. The molecule has 0 bridgehead atoms. The molecule has 1 aromatic heterocycles. The molecule has 1 aromatic rings. The van der Waals surface area contributed by atoms with E-state index in [1.54, 1.807) is 23.1 Å². The van der Waals surface area contributed by atoms with Crippen LogP contribution in [0.4, 0.5) is 0 Å². The van der Waals surface area contributed by atoms with Crippen LogP contribution in [-0.4, -0.2) is 54.4 Å². The Morgan fingerprint density at radius 3 is 2.95 bits per heavy atom. The number of carbonyl (C=O) groups is 1. The van der Waals surface area contributed by atoms with Crippen molar-refractivity contribution in [3.8, 4) is 0 Å². The number of morpholine rings is 1. The quantitative estimate of drug-likeness (QED) is 0.791. The molecule has 1 fully saturated rings. The van der Waals surface area contributed by atoms with Gasteiger partial charge in [0.1, 0.15) is 4.34 Å². The van der Waals surface area contributed by atoms with E-state index in [4.69, 9.17) is 10.5 Å². The highest BCUT2D eigenvalue weighted by Crippen LogP contribution is 2.27. The molecule has 0 spiro atoms. The van der Waals surface area contributed by atoms with Gasteiger partial charge >= 0.3 is 0 Å². The number of carbonyl (C=O) groups excluding carboxylic acids is 1. The van der Waals surface area contributed by atoms with Crippen molar-refractivity contribution < 1.29 is 9.53 Å². The molecule has 1 aliphatic heterocycles. The highest BCUT2D eigenvalue weighted by atomic mass is 32.2. The van der Waals surface area contributed by atoms with Crippen LogP contribution >= 0.6 is 23.1 Å². The SMILES string of the molecule is Cc1nc(SCCN2CCOCC2)sc1CC(N)=O. The van der Waals surface area contributed by atoms with Crippen LogP contribution in [0.25, 0.3) is 0 Å². The molecule has 5 nitrogen and oxygen atoms in total. The van der Waals surface area contributed by atoms with Crippen molar-refractivity contribution in [2.75, 3.05) is 38.6 Å². The lowest BCUT2D eigenvalue weighted by Crippen LogP contribution is -2.37. The van der Waals surface area contributed by atoms with E-state index < -0.39 is 0 Å². The second-order valence-electron chi connectivity index (χ2n) is 4.43. The van der Waals surface area contributed by atoms with Gasteiger partial charge in [-0.2, -0.15) is 0 Å². The molecule has 2 N–H and O–H groups in total. The first-order valence-corrected chi connectivity index (χ1v) is 8.13. The topological polar surface area (TPSA) is 68.5 Å². The third kappa shape index (κ3) is 4.76. The number of aryl methyl sites for hydroxylation is 1. The van der Waals surface area contributed by atoms with Gasteiger partial charge in [-0.1, -0.05) is 11.8 Å². The summed E-state index contributed by atoms with van der Waals surface area (Å²) in [5.41, 5.74) is 6.14. The lowest BCUT2D eigenvalue weighted by molar-refractivity contribution is -0.117. The summed E-state index contributed by atoms with van der Waals surface area (Å²) in [5, 5.41) is 0. The molecule has 1 amide bonds. The lowest BCUT2D eigenvalue weighted by atomic mass is 10.3. The van der Waals surface area contributed by atoms with Crippen LogP contribution in [0, 0.1) is 6.92 Å². The van der Waals surface area contributed by atoms with Crippen LogP contribution in [0.2, 0.25) is 0 Å². The lowest BCUT2D eigenvalue weighted by Gasteiger charge is -2.26. The average molecular weight is 301 g/mol. The van der Waals surface area contributed by atoms with E-state index in [-0.39, 0.29) is 5.91 Å². The van der Waals surface area contributed by atoms with Crippen LogP contribution in [-0.2, 0) is 16.0 Å². The van der Waals surface area contributed by atoms with Gasteiger partial charge in [0, 0.05) is 30.3 Å². The zero-order chi connectivity index (χ0) is 13.7. The number of nitrogens with two attached hydrogens (primary N) is 1. The maximum absolute atomic E-state index is 10.9. The Labute approximate surface area is 121 Å². The number of aromatic nitrogens is 1. The van der Waals surface area contributed by atoms with E-state index in [1.165, 1.54) is 0 Å².